The van der Waals surface area contributed by atoms with E-state index in [-0.39, 0.29) is 5.78 Å². The quantitative estimate of drug-likeness (QED) is 0.754. The molecule has 1 fully saturated rings. The van der Waals surface area contributed by atoms with Crippen LogP contribution in [0.4, 0.5) is 13.2 Å². The zero-order valence-electron chi connectivity index (χ0n) is 13.0. The van der Waals surface area contributed by atoms with E-state index in [4.69, 9.17) is 0 Å². The summed E-state index contributed by atoms with van der Waals surface area (Å²) in [6, 6.07) is 5.47. The summed E-state index contributed by atoms with van der Waals surface area (Å²) < 4.78 is 38.6. The van der Waals surface area contributed by atoms with Crippen molar-refractivity contribution in [1.29, 1.82) is 0 Å². The first-order chi connectivity index (χ1) is 10.3. The van der Waals surface area contributed by atoms with Gasteiger partial charge in [0, 0.05) is 18.4 Å². The molecule has 122 valence electrons. The van der Waals surface area contributed by atoms with Crippen LogP contribution >= 0.6 is 0 Å². The number of benzene rings is 1. The van der Waals surface area contributed by atoms with E-state index in [0.29, 0.717) is 31.2 Å². The van der Waals surface area contributed by atoms with Crippen molar-refractivity contribution in [2.75, 3.05) is 14.1 Å². The molecular formula is C17H22F3NO. The average molecular weight is 313 g/mol. The van der Waals surface area contributed by atoms with Gasteiger partial charge in [-0.1, -0.05) is 12.1 Å². The lowest BCUT2D eigenvalue weighted by Crippen LogP contribution is -2.44. The molecule has 1 aliphatic carbocycles. The van der Waals surface area contributed by atoms with Crippen LogP contribution in [0.5, 0.6) is 0 Å². The second-order valence-electron chi connectivity index (χ2n) is 5.54. The summed E-state index contributed by atoms with van der Waals surface area (Å²) in [5.41, 5.74) is -0.465. The van der Waals surface area contributed by atoms with E-state index in [1.807, 2.05) is 19.0 Å². The standard InChI is InChI=1S/C15H18F3NO.C2H4/c1-19(2)14(8-6-13(20)7-9-14)11-4-3-5-12(10-11)15(16,17)18;1-2/h3-5,10H,6-9H2,1-2H3;1-2H2. The number of hydrogen-bond donors (Lipinski definition) is 0. The molecule has 1 aromatic rings. The van der Waals surface area contributed by atoms with Gasteiger partial charge >= 0.3 is 6.18 Å². The lowest BCUT2D eigenvalue weighted by molar-refractivity contribution is -0.137. The van der Waals surface area contributed by atoms with E-state index in [1.54, 1.807) is 6.07 Å². The van der Waals surface area contributed by atoms with Gasteiger partial charge in [0.25, 0.3) is 0 Å². The van der Waals surface area contributed by atoms with Crippen molar-refractivity contribution in [2.24, 2.45) is 0 Å². The summed E-state index contributed by atoms with van der Waals surface area (Å²) in [5.74, 6) is 0.189. The number of halogens is 3. The normalized spacial score (nSPS) is 17.8. The maximum Gasteiger partial charge on any atom is 0.416 e. The number of carbonyl (C=O) groups excluding carboxylic acids is 1. The highest BCUT2D eigenvalue weighted by molar-refractivity contribution is 5.79. The lowest BCUT2D eigenvalue weighted by Gasteiger charge is -2.43. The van der Waals surface area contributed by atoms with Gasteiger partial charge < -0.3 is 0 Å². The molecule has 1 aliphatic rings. The maximum atomic E-state index is 12.9. The highest BCUT2D eigenvalue weighted by Gasteiger charge is 2.40. The van der Waals surface area contributed by atoms with Crippen LogP contribution in [-0.2, 0) is 16.5 Å². The van der Waals surface area contributed by atoms with Gasteiger partial charge in [-0.15, -0.1) is 13.2 Å². The van der Waals surface area contributed by atoms with Crippen LogP contribution in [-0.4, -0.2) is 24.8 Å². The van der Waals surface area contributed by atoms with E-state index < -0.39 is 17.3 Å². The molecular weight excluding hydrogens is 291 g/mol. The highest BCUT2D eigenvalue weighted by Crippen LogP contribution is 2.41. The Bertz CT molecular complexity index is 513. The van der Waals surface area contributed by atoms with Crippen molar-refractivity contribution in [1.82, 2.24) is 4.90 Å². The predicted octanol–water partition coefficient (Wildman–Crippen LogP) is 4.41. The first-order valence-corrected chi connectivity index (χ1v) is 7.12. The van der Waals surface area contributed by atoms with Gasteiger partial charge in [0.2, 0.25) is 0 Å². The molecule has 0 amide bonds. The number of carbonyl (C=O) groups is 1. The minimum atomic E-state index is -4.34. The fourth-order valence-electron chi connectivity index (χ4n) is 2.92. The maximum absolute atomic E-state index is 12.9. The smallest absolute Gasteiger partial charge is 0.300 e. The summed E-state index contributed by atoms with van der Waals surface area (Å²) in [6.07, 6.45) is -2.35. The molecule has 1 saturated carbocycles. The Balaban J connectivity index is 0.00000116. The van der Waals surface area contributed by atoms with Gasteiger partial charge in [-0.3, -0.25) is 9.69 Å². The van der Waals surface area contributed by atoms with E-state index in [2.05, 4.69) is 13.2 Å². The Morgan fingerprint density at radius 2 is 1.68 bits per heavy atom. The van der Waals surface area contributed by atoms with E-state index >= 15 is 0 Å². The Labute approximate surface area is 129 Å². The molecule has 0 radical (unpaired) electrons. The van der Waals surface area contributed by atoms with Gasteiger partial charge in [-0.05, 0) is 44.6 Å². The second kappa shape index (κ2) is 7.09. The number of nitrogens with zero attached hydrogens (tertiary/aromatic N) is 1. The molecule has 0 aliphatic heterocycles. The minimum Gasteiger partial charge on any atom is -0.300 e. The molecule has 22 heavy (non-hydrogen) atoms. The van der Waals surface area contributed by atoms with Crippen LogP contribution in [0.2, 0.25) is 0 Å². The summed E-state index contributed by atoms with van der Waals surface area (Å²) in [4.78, 5) is 13.4. The van der Waals surface area contributed by atoms with Crippen LogP contribution in [0, 0.1) is 0 Å². The number of ketones is 1. The minimum absolute atomic E-state index is 0.189. The zero-order valence-corrected chi connectivity index (χ0v) is 13.0. The third kappa shape index (κ3) is 3.77. The Hall–Kier alpha value is -1.62. The summed E-state index contributed by atoms with van der Waals surface area (Å²) in [6.45, 7) is 6.00. The van der Waals surface area contributed by atoms with Gasteiger partial charge in [0.15, 0.2) is 0 Å². The molecule has 2 rings (SSSR count). The zero-order chi connectivity index (χ0) is 17.0. The molecule has 0 N–H and O–H groups in total. The summed E-state index contributed by atoms with van der Waals surface area (Å²) in [7, 11) is 3.71. The van der Waals surface area contributed by atoms with Crippen LogP contribution in [0.1, 0.15) is 36.8 Å². The van der Waals surface area contributed by atoms with Crippen molar-refractivity contribution in [2.45, 2.75) is 37.4 Å². The molecule has 0 aromatic heterocycles. The first-order valence-electron chi connectivity index (χ1n) is 7.12. The molecule has 0 atom stereocenters. The Kier molecular flexibility index (Phi) is 5.94. The number of alkyl halides is 3. The monoisotopic (exact) mass is 313 g/mol. The second-order valence-corrected chi connectivity index (χ2v) is 5.54. The fraction of sp³-hybridized carbons (Fsp3) is 0.471. The van der Waals surface area contributed by atoms with Crippen LogP contribution in [0.3, 0.4) is 0 Å². The van der Waals surface area contributed by atoms with Crippen molar-refractivity contribution in [3.63, 3.8) is 0 Å². The summed E-state index contributed by atoms with van der Waals surface area (Å²) >= 11 is 0. The fourth-order valence-corrected chi connectivity index (χ4v) is 2.92. The topological polar surface area (TPSA) is 20.3 Å². The van der Waals surface area contributed by atoms with E-state index in [9.17, 15) is 18.0 Å². The van der Waals surface area contributed by atoms with Crippen LogP contribution in [0.15, 0.2) is 37.4 Å². The van der Waals surface area contributed by atoms with Gasteiger partial charge in [-0.2, -0.15) is 13.2 Å². The number of Topliss-reactive ketones (excluding diaryl/α,β-unsaturated/α-hetero) is 1. The van der Waals surface area contributed by atoms with Crippen LogP contribution < -0.4 is 0 Å². The predicted molar refractivity (Wildman–Crippen MR) is 81.5 cm³/mol. The number of hydrogen-bond acceptors (Lipinski definition) is 2. The van der Waals surface area contributed by atoms with Gasteiger partial charge in [-0.25, -0.2) is 0 Å². The Morgan fingerprint density at radius 1 is 1.14 bits per heavy atom. The molecule has 0 heterocycles. The van der Waals surface area contributed by atoms with Crippen molar-refractivity contribution < 1.29 is 18.0 Å². The van der Waals surface area contributed by atoms with Crippen molar-refractivity contribution in [3.8, 4) is 0 Å². The van der Waals surface area contributed by atoms with Crippen LogP contribution in [0.25, 0.3) is 0 Å². The molecule has 1 aromatic carbocycles. The Morgan fingerprint density at radius 3 is 2.14 bits per heavy atom. The largest absolute Gasteiger partial charge is 0.416 e. The molecule has 0 spiro atoms. The summed E-state index contributed by atoms with van der Waals surface area (Å²) in [5, 5.41) is 0. The molecule has 0 unspecified atom stereocenters. The van der Waals surface area contributed by atoms with Crippen molar-refractivity contribution in [3.05, 3.63) is 48.6 Å². The molecule has 0 bridgehead atoms. The van der Waals surface area contributed by atoms with Crippen molar-refractivity contribution >= 4 is 5.78 Å². The first kappa shape index (κ1) is 18.4. The SMILES string of the molecule is C=C.CN(C)C1(c2cccc(C(F)(F)F)c2)CCC(=O)CC1. The molecule has 0 saturated heterocycles. The van der Waals surface area contributed by atoms with E-state index in [1.165, 1.54) is 12.1 Å². The number of rotatable bonds is 2. The molecule has 5 heteroatoms. The third-order valence-electron chi connectivity index (χ3n) is 4.22. The lowest BCUT2D eigenvalue weighted by atomic mass is 9.75. The average Bonchev–Trinajstić information content (AvgIpc) is 2.49. The van der Waals surface area contributed by atoms with Gasteiger partial charge in [0.1, 0.15) is 5.78 Å². The van der Waals surface area contributed by atoms with Gasteiger partial charge in [0.05, 0.1) is 5.56 Å². The third-order valence-corrected chi connectivity index (χ3v) is 4.22. The molecule has 2 nitrogen and oxygen atoms in total. The highest BCUT2D eigenvalue weighted by atomic mass is 19.4. The van der Waals surface area contributed by atoms with E-state index in [0.717, 1.165) is 6.07 Å².